The molecule has 1 aliphatic heterocycles. The average molecular weight is 321 g/mol. The molecule has 1 saturated heterocycles. The van der Waals surface area contributed by atoms with E-state index in [1.165, 1.54) is 0 Å². The molecule has 1 fully saturated rings. The van der Waals surface area contributed by atoms with E-state index in [1.807, 2.05) is 0 Å². The molecule has 1 unspecified atom stereocenters. The number of ether oxygens (including phenoxy) is 2. The minimum absolute atomic E-state index is 0.102. The van der Waals surface area contributed by atoms with Gasteiger partial charge in [-0.15, -0.1) is 0 Å². The van der Waals surface area contributed by atoms with E-state index in [0.29, 0.717) is 17.9 Å². The lowest BCUT2D eigenvalue weighted by atomic mass is 10.0. The van der Waals surface area contributed by atoms with E-state index >= 15 is 0 Å². The van der Waals surface area contributed by atoms with Crippen molar-refractivity contribution in [2.24, 2.45) is 5.92 Å². The molecule has 6 heteroatoms. The van der Waals surface area contributed by atoms with E-state index in [9.17, 15) is 9.59 Å². The molecule has 0 spiro atoms. The third kappa shape index (κ3) is 4.96. The molecule has 1 amide bonds. The van der Waals surface area contributed by atoms with Crippen LogP contribution in [0.2, 0.25) is 0 Å². The molecule has 0 aliphatic carbocycles. The molecule has 2 atom stereocenters. The van der Waals surface area contributed by atoms with Gasteiger partial charge >= 0.3 is 5.97 Å². The molecule has 1 heterocycles. The van der Waals surface area contributed by atoms with Crippen LogP contribution in [0.3, 0.4) is 0 Å². The highest BCUT2D eigenvalue weighted by molar-refractivity contribution is 5.96. The molecular weight excluding hydrogens is 298 g/mol. The van der Waals surface area contributed by atoms with Crippen molar-refractivity contribution >= 4 is 11.9 Å². The van der Waals surface area contributed by atoms with Gasteiger partial charge in [0.15, 0.2) is 0 Å². The van der Waals surface area contributed by atoms with E-state index in [2.05, 4.69) is 5.32 Å². The summed E-state index contributed by atoms with van der Waals surface area (Å²) >= 11 is 0. The summed E-state index contributed by atoms with van der Waals surface area (Å²) in [6.07, 6.45) is 2.13. The molecule has 0 saturated carbocycles. The van der Waals surface area contributed by atoms with Crippen molar-refractivity contribution in [1.82, 2.24) is 5.32 Å². The summed E-state index contributed by atoms with van der Waals surface area (Å²) in [5.41, 5.74) is 0.377. The number of rotatable bonds is 7. The second-order valence-corrected chi connectivity index (χ2v) is 6.01. The van der Waals surface area contributed by atoms with Crippen LogP contribution in [-0.4, -0.2) is 42.3 Å². The normalized spacial score (nSPS) is 18.7. The Morgan fingerprint density at radius 1 is 1.43 bits per heavy atom. The van der Waals surface area contributed by atoms with Gasteiger partial charge in [0.25, 0.3) is 5.91 Å². The van der Waals surface area contributed by atoms with Gasteiger partial charge in [-0.05, 0) is 37.0 Å². The van der Waals surface area contributed by atoms with Crippen LogP contribution in [0.25, 0.3) is 0 Å². The van der Waals surface area contributed by atoms with Crippen LogP contribution < -0.4 is 10.1 Å². The highest BCUT2D eigenvalue weighted by Gasteiger charge is 2.24. The first-order valence-electron chi connectivity index (χ1n) is 7.85. The molecule has 126 valence electrons. The minimum atomic E-state index is -1.04. The quantitative estimate of drug-likeness (QED) is 0.803. The highest BCUT2D eigenvalue weighted by atomic mass is 16.5. The fourth-order valence-corrected chi connectivity index (χ4v) is 2.43. The number of carboxylic acids is 1. The molecule has 0 aromatic heterocycles. The van der Waals surface area contributed by atoms with Crippen molar-refractivity contribution in [3.63, 3.8) is 0 Å². The van der Waals surface area contributed by atoms with E-state index < -0.39 is 17.9 Å². The Bertz CT molecular complexity index is 552. The summed E-state index contributed by atoms with van der Waals surface area (Å²) < 4.78 is 11.1. The summed E-state index contributed by atoms with van der Waals surface area (Å²) in [5, 5.41) is 11.7. The monoisotopic (exact) mass is 321 g/mol. The second-order valence-electron chi connectivity index (χ2n) is 6.01. The lowest BCUT2D eigenvalue weighted by molar-refractivity contribution is -0.140. The molecule has 6 nitrogen and oxygen atoms in total. The number of carbonyl (C=O) groups excluding carboxylic acids is 1. The van der Waals surface area contributed by atoms with Gasteiger partial charge < -0.3 is 19.9 Å². The van der Waals surface area contributed by atoms with E-state index in [4.69, 9.17) is 14.6 Å². The lowest BCUT2D eigenvalue weighted by Crippen LogP contribution is -2.44. The van der Waals surface area contributed by atoms with E-state index in [-0.39, 0.29) is 12.0 Å². The number of carbonyl (C=O) groups is 2. The van der Waals surface area contributed by atoms with E-state index in [1.54, 1.807) is 38.1 Å². The van der Waals surface area contributed by atoms with Gasteiger partial charge in [0, 0.05) is 12.2 Å². The number of nitrogens with one attached hydrogen (secondary N) is 1. The number of carboxylic acid groups (broad SMARTS) is 1. The van der Waals surface area contributed by atoms with Crippen LogP contribution in [0.15, 0.2) is 24.3 Å². The third-order valence-electron chi connectivity index (χ3n) is 3.78. The lowest BCUT2D eigenvalue weighted by Gasteiger charge is -2.18. The summed E-state index contributed by atoms with van der Waals surface area (Å²) in [5.74, 6) is -1.09. The first-order chi connectivity index (χ1) is 11.0. The molecule has 23 heavy (non-hydrogen) atoms. The van der Waals surface area contributed by atoms with Crippen molar-refractivity contribution in [1.29, 1.82) is 0 Å². The van der Waals surface area contributed by atoms with Crippen LogP contribution in [-0.2, 0) is 9.53 Å². The maximum absolute atomic E-state index is 12.2. The molecule has 2 N–H and O–H groups in total. The summed E-state index contributed by atoms with van der Waals surface area (Å²) in [6, 6.07) is 5.81. The summed E-state index contributed by atoms with van der Waals surface area (Å²) in [6.45, 7) is 4.72. The fourth-order valence-electron chi connectivity index (χ4n) is 2.43. The fraction of sp³-hybridized carbons (Fsp3) is 0.529. The zero-order chi connectivity index (χ0) is 16.8. The standard InChI is InChI=1S/C17H23NO5/c1-11(2)15(17(20)21)18-16(19)12-5-3-6-13(9-12)23-10-14-7-4-8-22-14/h3,5-6,9,11,14-15H,4,7-8,10H2,1-2H3,(H,18,19)(H,20,21)/t14?,15-/m1/s1. The number of hydrogen-bond acceptors (Lipinski definition) is 4. The predicted octanol–water partition coefficient (Wildman–Crippen LogP) is 2.08. The van der Waals surface area contributed by atoms with Gasteiger partial charge in [-0.3, -0.25) is 4.79 Å². The minimum Gasteiger partial charge on any atom is -0.491 e. The van der Waals surface area contributed by atoms with Crippen LogP contribution in [0.1, 0.15) is 37.0 Å². The predicted molar refractivity (Wildman–Crippen MR) is 84.6 cm³/mol. The van der Waals surface area contributed by atoms with Crippen molar-refractivity contribution in [2.75, 3.05) is 13.2 Å². The van der Waals surface area contributed by atoms with Crippen molar-refractivity contribution < 1.29 is 24.2 Å². The van der Waals surface area contributed by atoms with Crippen LogP contribution in [0, 0.1) is 5.92 Å². The number of benzene rings is 1. The SMILES string of the molecule is CC(C)[C@@H](NC(=O)c1cccc(OCC2CCCO2)c1)C(=O)O. The molecule has 0 radical (unpaired) electrons. The number of hydrogen-bond donors (Lipinski definition) is 2. The maximum atomic E-state index is 12.2. The Morgan fingerprint density at radius 3 is 2.83 bits per heavy atom. The Labute approximate surface area is 135 Å². The topological polar surface area (TPSA) is 84.9 Å². The van der Waals surface area contributed by atoms with Crippen molar-refractivity contribution in [3.8, 4) is 5.75 Å². The van der Waals surface area contributed by atoms with Gasteiger partial charge in [0.2, 0.25) is 0 Å². The molecule has 2 rings (SSSR count). The van der Waals surface area contributed by atoms with E-state index in [0.717, 1.165) is 19.4 Å². The molecule has 1 aromatic rings. The van der Waals surface area contributed by atoms with Crippen molar-refractivity contribution in [2.45, 2.75) is 38.8 Å². The van der Waals surface area contributed by atoms with Gasteiger partial charge in [-0.1, -0.05) is 19.9 Å². The molecular formula is C17H23NO5. The highest BCUT2D eigenvalue weighted by Crippen LogP contribution is 2.17. The van der Waals surface area contributed by atoms with Crippen LogP contribution in [0.4, 0.5) is 0 Å². The maximum Gasteiger partial charge on any atom is 0.326 e. The van der Waals surface area contributed by atoms with Gasteiger partial charge in [-0.2, -0.15) is 0 Å². The summed E-state index contributed by atoms with van der Waals surface area (Å²) in [4.78, 5) is 23.4. The first-order valence-corrected chi connectivity index (χ1v) is 7.85. The molecule has 1 aromatic carbocycles. The second kappa shape index (κ2) is 7.97. The third-order valence-corrected chi connectivity index (χ3v) is 3.78. The zero-order valence-electron chi connectivity index (χ0n) is 13.5. The number of aliphatic carboxylic acids is 1. The Hall–Kier alpha value is -2.08. The Balaban J connectivity index is 1.97. The summed E-state index contributed by atoms with van der Waals surface area (Å²) in [7, 11) is 0. The van der Waals surface area contributed by atoms with Gasteiger partial charge in [-0.25, -0.2) is 4.79 Å². The zero-order valence-corrected chi connectivity index (χ0v) is 13.5. The van der Waals surface area contributed by atoms with Crippen molar-refractivity contribution in [3.05, 3.63) is 29.8 Å². The van der Waals surface area contributed by atoms with Crippen LogP contribution in [0.5, 0.6) is 5.75 Å². The Morgan fingerprint density at radius 2 is 2.22 bits per heavy atom. The molecule has 0 bridgehead atoms. The number of amides is 1. The smallest absolute Gasteiger partial charge is 0.326 e. The largest absolute Gasteiger partial charge is 0.491 e. The average Bonchev–Trinajstić information content (AvgIpc) is 3.03. The van der Waals surface area contributed by atoms with Crippen LogP contribution >= 0.6 is 0 Å². The molecule has 1 aliphatic rings. The van der Waals surface area contributed by atoms with Gasteiger partial charge in [0.1, 0.15) is 18.4 Å². The van der Waals surface area contributed by atoms with Gasteiger partial charge in [0.05, 0.1) is 6.10 Å². The first kappa shape index (κ1) is 17.3. The Kier molecular flexibility index (Phi) is 5.98.